The van der Waals surface area contributed by atoms with Gasteiger partial charge in [0.1, 0.15) is 6.07 Å². The summed E-state index contributed by atoms with van der Waals surface area (Å²) in [5.41, 5.74) is 3.87. The Morgan fingerprint density at radius 3 is 2.35 bits per heavy atom. The standard InChI is InChI=1S/C15H10N4O/c16-8-10-6-12(9-17)14(15(20)19-18)13(7-10)11-4-2-1-3-5-11/h1-7H,18H2,(H,19,20). The van der Waals surface area contributed by atoms with Crippen LogP contribution in [0, 0.1) is 22.7 Å². The van der Waals surface area contributed by atoms with Gasteiger partial charge in [-0.05, 0) is 23.3 Å². The number of nitriles is 2. The van der Waals surface area contributed by atoms with Crippen LogP contribution in [0.3, 0.4) is 0 Å². The van der Waals surface area contributed by atoms with Gasteiger partial charge < -0.3 is 0 Å². The van der Waals surface area contributed by atoms with Crippen LogP contribution in [0.1, 0.15) is 21.5 Å². The van der Waals surface area contributed by atoms with Gasteiger partial charge in [0.05, 0.1) is 22.8 Å². The van der Waals surface area contributed by atoms with Gasteiger partial charge in [0.25, 0.3) is 5.91 Å². The first kappa shape index (κ1) is 13.3. The number of nitrogen functional groups attached to an aromatic ring is 1. The van der Waals surface area contributed by atoms with E-state index in [1.165, 1.54) is 6.07 Å². The van der Waals surface area contributed by atoms with Crippen molar-refractivity contribution in [2.75, 3.05) is 0 Å². The molecular formula is C15H10N4O. The Kier molecular flexibility index (Phi) is 3.76. The van der Waals surface area contributed by atoms with E-state index in [1.54, 1.807) is 18.2 Å². The van der Waals surface area contributed by atoms with E-state index in [0.29, 0.717) is 11.1 Å². The molecule has 2 aromatic rings. The number of nitrogens with one attached hydrogen (secondary N) is 1. The summed E-state index contributed by atoms with van der Waals surface area (Å²) in [7, 11) is 0. The molecule has 0 heterocycles. The fourth-order valence-electron chi connectivity index (χ4n) is 1.96. The predicted molar refractivity (Wildman–Crippen MR) is 73.0 cm³/mol. The molecule has 1 amide bonds. The van der Waals surface area contributed by atoms with E-state index in [1.807, 2.05) is 35.8 Å². The second-order valence-corrected chi connectivity index (χ2v) is 4.01. The monoisotopic (exact) mass is 262 g/mol. The van der Waals surface area contributed by atoms with E-state index in [0.717, 1.165) is 5.56 Å². The van der Waals surface area contributed by atoms with Crippen molar-refractivity contribution in [3.63, 3.8) is 0 Å². The first-order valence-corrected chi connectivity index (χ1v) is 5.76. The number of hydrogen-bond acceptors (Lipinski definition) is 4. The highest BCUT2D eigenvalue weighted by Gasteiger charge is 2.18. The van der Waals surface area contributed by atoms with Gasteiger partial charge in [-0.1, -0.05) is 30.3 Å². The normalized spacial score (nSPS) is 9.35. The van der Waals surface area contributed by atoms with Crippen molar-refractivity contribution in [3.8, 4) is 23.3 Å². The number of hydrogen-bond donors (Lipinski definition) is 2. The maximum absolute atomic E-state index is 11.9. The van der Waals surface area contributed by atoms with Crippen LogP contribution in [0.15, 0.2) is 42.5 Å². The molecule has 3 N–H and O–H groups in total. The molecule has 0 unspecified atom stereocenters. The van der Waals surface area contributed by atoms with Gasteiger partial charge in [-0.15, -0.1) is 0 Å². The van der Waals surface area contributed by atoms with E-state index in [9.17, 15) is 10.1 Å². The maximum Gasteiger partial charge on any atom is 0.267 e. The second-order valence-electron chi connectivity index (χ2n) is 4.01. The molecule has 0 aliphatic carbocycles. The van der Waals surface area contributed by atoms with E-state index < -0.39 is 5.91 Å². The smallest absolute Gasteiger partial charge is 0.267 e. The molecule has 20 heavy (non-hydrogen) atoms. The van der Waals surface area contributed by atoms with Crippen LogP contribution in [-0.4, -0.2) is 5.91 Å². The molecule has 0 atom stereocenters. The molecule has 2 rings (SSSR count). The summed E-state index contributed by atoms with van der Waals surface area (Å²) in [6.45, 7) is 0. The van der Waals surface area contributed by atoms with Crippen molar-refractivity contribution in [2.45, 2.75) is 0 Å². The van der Waals surface area contributed by atoms with Crippen molar-refractivity contribution >= 4 is 5.91 Å². The zero-order valence-corrected chi connectivity index (χ0v) is 10.4. The van der Waals surface area contributed by atoms with Gasteiger partial charge in [0.2, 0.25) is 0 Å². The first-order valence-electron chi connectivity index (χ1n) is 5.76. The summed E-state index contributed by atoms with van der Waals surface area (Å²) >= 11 is 0. The number of nitrogens with zero attached hydrogens (tertiary/aromatic N) is 2. The minimum Gasteiger partial charge on any atom is -0.290 e. The minimum atomic E-state index is -0.565. The molecule has 5 nitrogen and oxygen atoms in total. The van der Waals surface area contributed by atoms with Crippen LogP contribution < -0.4 is 11.3 Å². The summed E-state index contributed by atoms with van der Waals surface area (Å²) in [4.78, 5) is 11.9. The predicted octanol–water partition coefficient (Wildman–Crippen LogP) is 1.70. The summed E-state index contributed by atoms with van der Waals surface area (Å²) in [5.74, 6) is 4.61. The number of amides is 1. The molecule has 0 saturated heterocycles. The summed E-state index contributed by atoms with van der Waals surface area (Å²) in [6.07, 6.45) is 0. The van der Waals surface area contributed by atoms with E-state index in [-0.39, 0.29) is 11.1 Å². The van der Waals surface area contributed by atoms with Crippen LogP contribution >= 0.6 is 0 Å². The van der Waals surface area contributed by atoms with Crippen molar-refractivity contribution in [3.05, 3.63) is 59.2 Å². The molecule has 0 aromatic heterocycles. The number of nitrogens with two attached hydrogens (primary N) is 1. The molecular weight excluding hydrogens is 252 g/mol. The van der Waals surface area contributed by atoms with Gasteiger partial charge in [0, 0.05) is 0 Å². The molecule has 5 heteroatoms. The summed E-state index contributed by atoms with van der Waals surface area (Å²) < 4.78 is 0. The Morgan fingerprint density at radius 2 is 1.80 bits per heavy atom. The number of hydrazine groups is 1. The highest BCUT2D eigenvalue weighted by molar-refractivity contribution is 6.03. The Balaban J connectivity index is 2.81. The molecule has 0 saturated carbocycles. The molecule has 0 radical (unpaired) electrons. The Bertz CT molecular complexity index is 739. The number of benzene rings is 2. The quantitative estimate of drug-likeness (QED) is 0.488. The molecule has 96 valence electrons. The molecule has 0 aliphatic heterocycles. The zero-order chi connectivity index (χ0) is 14.5. The van der Waals surface area contributed by atoms with Gasteiger partial charge in [-0.25, -0.2) is 5.84 Å². The highest BCUT2D eigenvalue weighted by atomic mass is 16.2. The van der Waals surface area contributed by atoms with Crippen molar-refractivity contribution < 1.29 is 4.79 Å². The SMILES string of the molecule is N#Cc1cc(C#N)c(C(=O)NN)c(-c2ccccc2)c1. The third-order valence-corrected chi connectivity index (χ3v) is 2.83. The lowest BCUT2D eigenvalue weighted by atomic mass is 9.93. The van der Waals surface area contributed by atoms with Crippen molar-refractivity contribution in [1.82, 2.24) is 5.43 Å². The molecule has 0 aliphatic rings. The van der Waals surface area contributed by atoms with E-state index in [4.69, 9.17) is 11.1 Å². The van der Waals surface area contributed by atoms with Gasteiger partial charge in [-0.2, -0.15) is 10.5 Å². The Labute approximate surface area is 115 Å². The number of carbonyl (C=O) groups is 1. The molecule has 2 aromatic carbocycles. The minimum absolute atomic E-state index is 0.117. The van der Waals surface area contributed by atoms with Gasteiger partial charge >= 0.3 is 0 Å². The third kappa shape index (κ3) is 2.35. The fraction of sp³-hybridized carbons (Fsp3) is 0. The molecule has 0 spiro atoms. The molecule has 0 fully saturated rings. The topological polar surface area (TPSA) is 103 Å². The second kappa shape index (κ2) is 5.66. The lowest BCUT2D eigenvalue weighted by Gasteiger charge is -2.11. The van der Waals surface area contributed by atoms with Crippen molar-refractivity contribution in [1.29, 1.82) is 10.5 Å². The van der Waals surface area contributed by atoms with Crippen LogP contribution in [0.5, 0.6) is 0 Å². The molecule has 0 bridgehead atoms. The van der Waals surface area contributed by atoms with Crippen LogP contribution in [0.2, 0.25) is 0 Å². The highest BCUT2D eigenvalue weighted by Crippen LogP contribution is 2.27. The fourth-order valence-corrected chi connectivity index (χ4v) is 1.96. The first-order chi connectivity index (χ1) is 9.71. The Morgan fingerprint density at radius 1 is 1.10 bits per heavy atom. The average Bonchev–Trinajstić information content (AvgIpc) is 2.53. The van der Waals surface area contributed by atoms with Crippen LogP contribution in [0.25, 0.3) is 11.1 Å². The Hall–Kier alpha value is -3.15. The summed E-state index contributed by atoms with van der Waals surface area (Å²) in [5, 5.41) is 18.2. The van der Waals surface area contributed by atoms with Crippen LogP contribution in [-0.2, 0) is 0 Å². The largest absolute Gasteiger partial charge is 0.290 e. The van der Waals surface area contributed by atoms with E-state index >= 15 is 0 Å². The zero-order valence-electron chi connectivity index (χ0n) is 10.4. The van der Waals surface area contributed by atoms with Crippen LogP contribution in [0.4, 0.5) is 0 Å². The lowest BCUT2D eigenvalue weighted by Crippen LogP contribution is -2.31. The lowest BCUT2D eigenvalue weighted by molar-refractivity contribution is 0.0954. The van der Waals surface area contributed by atoms with Gasteiger partial charge in [-0.3, -0.25) is 10.2 Å². The van der Waals surface area contributed by atoms with E-state index in [2.05, 4.69) is 0 Å². The average molecular weight is 262 g/mol. The number of carbonyl (C=O) groups excluding carboxylic acids is 1. The maximum atomic E-state index is 11.9. The van der Waals surface area contributed by atoms with Gasteiger partial charge in [0.15, 0.2) is 0 Å². The summed E-state index contributed by atoms with van der Waals surface area (Å²) in [6, 6.07) is 15.9. The third-order valence-electron chi connectivity index (χ3n) is 2.83. The van der Waals surface area contributed by atoms with Crippen molar-refractivity contribution in [2.24, 2.45) is 5.84 Å². The number of rotatable bonds is 2.